The molecule has 0 saturated carbocycles. The van der Waals surface area contributed by atoms with Gasteiger partial charge in [-0.05, 0) is 48.7 Å². The Hall–Kier alpha value is -0.640. The van der Waals surface area contributed by atoms with Crippen LogP contribution in [-0.2, 0) is 6.42 Å². The summed E-state index contributed by atoms with van der Waals surface area (Å²) >= 11 is 5.15. The molecule has 2 rings (SSSR count). The first kappa shape index (κ1) is 12.8. The van der Waals surface area contributed by atoms with Crippen molar-refractivity contribution < 1.29 is 5.11 Å². The molecule has 3 heteroatoms. The lowest BCUT2D eigenvalue weighted by Crippen LogP contribution is -1.97. The Morgan fingerprint density at radius 1 is 1.29 bits per heavy atom. The van der Waals surface area contributed by atoms with Gasteiger partial charge in [-0.3, -0.25) is 0 Å². The molecule has 0 saturated heterocycles. The number of thiophene rings is 1. The second-order valence-corrected chi connectivity index (χ2v) is 6.24. The van der Waals surface area contributed by atoms with Crippen molar-refractivity contribution in [2.24, 2.45) is 0 Å². The Labute approximate surface area is 114 Å². The van der Waals surface area contributed by atoms with Gasteiger partial charge in [-0.1, -0.05) is 28.9 Å². The zero-order valence-corrected chi connectivity index (χ0v) is 12.3. The highest BCUT2D eigenvalue weighted by Crippen LogP contribution is 2.30. The number of aliphatic hydroxyl groups excluding tert-OH is 1. The first-order chi connectivity index (χ1) is 8.10. The summed E-state index contributed by atoms with van der Waals surface area (Å²) in [5.74, 6) is 0. The molecule has 2 aromatic rings. The molecule has 0 fully saturated rings. The normalized spacial score (nSPS) is 12.7. The number of aliphatic hydroxyl groups is 1. The van der Waals surface area contributed by atoms with Gasteiger partial charge < -0.3 is 5.11 Å². The highest BCUT2D eigenvalue weighted by molar-refractivity contribution is 9.10. The second-order valence-electron chi connectivity index (χ2n) is 4.12. The van der Waals surface area contributed by atoms with Gasteiger partial charge in [0.1, 0.15) is 6.10 Å². The topological polar surface area (TPSA) is 20.2 Å². The van der Waals surface area contributed by atoms with Gasteiger partial charge in [-0.25, -0.2) is 0 Å². The highest BCUT2D eigenvalue weighted by atomic mass is 79.9. The van der Waals surface area contributed by atoms with Crippen molar-refractivity contribution >= 4 is 27.3 Å². The van der Waals surface area contributed by atoms with E-state index in [0.29, 0.717) is 0 Å². The zero-order chi connectivity index (χ0) is 12.4. The van der Waals surface area contributed by atoms with E-state index in [1.54, 1.807) is 11.3 Å². The van der Waals surface area contributed by atoms with Crippen molar-refractivity contribution in [1.29, 1.82) is 0 Å². The van der Waals surface area contributed by atoms with E-state index in [0.717, 1.165) is 26.9 Å². The summed E-state index contributed by atoms with van der Waals surface area (Å²) in [5, 5.41) is 10.3. The molecule has 17 heavy (non-hydrogen) atoms. The standard InChI is InChI=1S/C14H15BrOS/c1-3-12-4-5-13(17-12)14(16)10-6-9(2)7-11(15)8-10/h4-8,14,16H,3H2,1-2H3. The van der Waals surface area contributed by atoms with Crippen LogP contribution < -0.4 is 0 Å². The Bertz CT molecular complexity index is 498. The van der Waals surface area contributed by atoms with Crippen molar-refractivity contribution in [3.63, 3.8) is 0 Å². The van der Waals surface area contributed by atoms with Crippen LogP contribution in [0.1, 0.15) is 33.9 Å². The van der Waals surface area contributed by atoms with Crippen LogP contribution in [0.15, 0.2) is 34.8 Å². The largest absolute Gasteiger partial charge is 0.383 e. The average Bonchev–Trinajstić information content (AvgIpc) is 2.75. The van der Waals surface area contributed by atoms with Gasteiger partial charge >= 0.3 is 0 Å². The molecule has 0 bridgehead atoms. The minimum atomic E-state index is -0.517. The molecule has 0 radical (unpaired) electrons. The van der Waals surface area contributed by atoms with Crippen molar-refractivity contribution in [3.8, 4) is 0 Å². The molecule has 0 aliphatic rings. The van der Waals surface area contributed by atoms with Gasteiger partial charge in [-0.15, -0.1) is 11.3 Å². The molecule has 1 N–H and O–H groups in total. The van der Waals surface area contributed by atoms with Gasteiger partial charge in [0, 0.05) is 14.2 Å². The first-order valence-corrected chi connectivity index (χ1v) is 7.25. The predicted octanol–water partition coefficient (Wildman–Crippen LogP) is 4.46. The maximum absolute atomic E-state index is 10.3. The van der Waals surface area contributed by atoms with E-state index in [2.05, 4.69) is 28.9 Å². The first-order valence-electron chi connectivity index (χ1n) is 5.64. The number of aryl methyl sites for hydroxylation is 2. The third-order valence-electron chi connectivity index (χ3n) is 2.68. The number of hydrogen-bond acceptors (Lipinski definition) is 2. The summed E-state index contributed by atoms with van der Waals surface area (Å²) in [6.07, 6.45) is 0.506. The van der Waals surface area contributed by atoms with Crippen LogP contribution in [-0.4, -0.2) is 5.11 Å². The van der Waals surface area contributed by atoms with Crippen LogP contribution in [0.4, 0.5) is 0 Å². The molecule has 1 unspecified atom stereocenters. The molecule has 1 nitrogen and oxygen atoms in total. The fourth-order valence-corrected chi connectivity index (χ4v) is 3.41. The molecule has 1 aromatic heterocycles. The number of halogens is 1. The fraction of sp³-hybridized carbons (Fsp3) is 0.286. The lowest BCUT2D eigenvalue weighted by Gasteiger charge is -2.10. The average molecular weight is 311 g/mol. The highest BCUT2D eigenvalue weighted by Gasteiger charge is 2.13. The summed E-state index contributed by atoms with van der Waals surface area (Å²) in [4.78, 5) is 2.32. The lowest BCUT2D eigenvalue weighted by molar-refractivity contribution is 0.224. The van der Waals surface area contributed by atoms with E-state index in [9.17, 15) is 5.11 Å². The van der Waals surface area contributed by atoms with Crippen molar-refractivity contribution in [1.82, 2.24) is 0 Å². The van der Waals surface area contributed by atoms with E-state index in [-0.39, 0.29) is 0 Å². The SMILES string of the molecule is CCc1ccc(C(O)c2cc(C)cc(Br)c2)s1. The number of rotatable bonds is 3. The van der Waals surface area contributed by atoms with Gasteiger partial charge in [-0.2, -0.15) is 0 Å². The van der Waals surface area contributed by atoms with Crippen LogP contribution in [0.3, 0.4) is 0 Å². The lowest BCUT2D eigenvalue weighted by atomic mass is 10.1. The molecule has 1 aromatic carbocycles. The summed E-state index contributed by atoms with van der Waals surface area (Å²) in [7, 11) is 0. The molecule has 0 aliphatic carbocycles. The van der Waals surface area contributed by atoms with Crippen LogP contribution in [0, 0.1) is 6.92 Å². The third kappa shape index (κ3) is 2.97. The minimum Gasteiger partial charge on any atom is -0.383 e. The molecule has 0 amide bonds. The van der Waals surface area contributed by atoms with Crippen LogP contribution in [0.2, 0.25) is 0 Å². The van der Waals surface area contributed by atoms with E-state index < -0.39 is 6.10 Å². The smallest absolute Gasteiger partial charge is 0.113 e. The summed E-state index contributed by atoms with van der Waals surface area (Å²) in [5.41, 5.74) is 2.10. The Balaban J connectivity index is 2.32. The van der Waals surface area contributed by atoms with Crippen molar-refractivity contribution in [2.45, 2.75) is 26.4 Å². The maximum Gasteiger partial charge on any atom is 0.113 e. The number of hydrogen-bond donors (Lipinski definition) is 1. The van der Waals surface area contributed by atoms with Crippen molar-refractivity contribution in [3.05, 3.63) is 55.7 Å². The van der Waals surface area contributed by atoms with Gasteiger partial charge in [0.15, 0.2) is 0 Å². The van der Waals surface area contributed by atoms with Gasteiger partial charge in [0.2, 0.25) is 0 Å². The maximum atomic E-state index is 10.3. The molecule has 90 valence electrons. The molecular weight excluding hydrogens is 296 g/mol. The quantitative estimate of drug-likeness (QED) is 0.887. The van der Waals surface area contributed by atoms with E-state index in [4.69, 9.17) is 0 Å². The van der Waals surface area contributed by atoms with Gasteiger partial charge in [0.05, 0.1) is 0 Å². The summed E-state index contributed by atoms with van der Waals surface area (Å²) in [6, 6.07) is 10.2. The number of benzene rings is 1. The zero-order valence-electron chi connectivity index (χ0n) is 9.90. The van der Waals surface area contributed by atoms with E-state index in [1.165, 1.54) is 4.88 Å². The Morgan fingerprint density at radius 3 is 2.65 bits per heavy atom. The summed E-state index contributed by atoms with van der Waals surface area (Å²) in [6.45, 7) is 4.16. The van der Waals surface area contributed by atoms with Crippen LogP contribution >= 0.6 is 27.3 Å². The second kappa shape index (κ2) is 5.34. The van der Waals surface area contributed by atoms with E-state index in [1.807, 2.05) is 31.2 Å². The summed E-state index contributed by atoms with van der Waals surface area (Å²) < 4.78 is 1.01. The molecule has 1 heterocycles. The predicted molar refractivity (Wildman–Crippen MR) is 76.6 cm³/mol. The Kier molecular flexibility index (Phi) is 4.02. The fourth-order valence-electron chi connectivity index (χ4n) is 1.82. The van der Waals surface area contributed by atoms with Crippen molar-refractivity contribution in [2.75, 3.05) is 0 Å². The molecule has 1 atom stereocenters. The van der Waals surface area contributed by atoms with Crippen LogP contribution in [0.25, 0.3) is 0 Å². The molecular formula is C14H15BrOS. The van der Waals surface area contributed by atoms with Gasteiger partial charge in [0.25, 0.3) is 0 Å². The molecule has 0 spiro atoms. The van der Waals surface area contributed by atoms with Crippen LogP contribution in [0.5, 0.6) is 0 Å². The molecule has 0 aliphatic heterocycles. The Morgan fingerprint density at radius 2 is 2.06 bits per heavy atom. The van der Waals surface area contributed by atoms with E-state index >= 15 is 0 Å². The third-order valence-corrected chi connectivity index (χ3v) is 4.42. The monoisotopic (exact) mass is 310 g/mol. The minimum absolute atomic E-state index is 0.517.